The molecule has 9 nitrogen and oxygen atoms in total. The Morgan fingerprint density at radius 3 is 2.11 bits per heavy atom. The standard InChI is InChI=1S/C37H54N2O7/c1-11-34(3,4)25-15-17-30(27(20-25)35(5,6)12-2)44-19-13-14-32(41)38-26-16-18-31(43-10)28(21-26)39-33(42)29(40)22-37(9)23-45-36(7,8)46-24-37/h15-18,20-21H,11-14,19,22-24H2,1-10H3,(H,38,41)(H,39,42). The van der Waals surface area contributed by atoms with Gasteiger partial charge in [0.1, 0.15) is 11.5 Å². The summed E-state index contributed by atoms with van der Waals surface area (Å²) in [4.78, 5) is 38.5. The lowest BCUT2D eigenvalue weighted by Gasteiger charge is -2.41. The maximum Gasteiger partial charge on any atom is 0.291 e. The average Bonchev–Trinajstić information content (AvgIpc) is 3.01. The normalized spacial score (nSPS) is 16.0. The third kappa shape index (κ3) is 9.79. The molecule has 254 valence electrons. The highest BCUT2D eigenvalue weighted by Gasteiger charge is 2.39. The lowest BCUT2D eigenvalue weighted by Crippen LogP contribution is -2.46. The van der Waals surface area contributed by atoms with Crippen molar-refractivity contribution in [2.45, 2.75) is 111 Å². The Labute approximate surface area is 275 Å². The third-order valence-corrected chi connectivity index (χ3v) is 9.17. The number of methoxy groups -OCH3 is 1. The lowest BCUT2D eigenvalue weighted by atomic mass is 9.76. The summed E-state index contributed by atoms with van der Waals surface area (Å²) in [6.07, 6.45) is 2.76. The fourth-order valence-electron chi connectivity index (χ4n) is 5.06. The Kier molecular flexibility index (Phi) is 12.1. The summed E-state index contributed by atoms with van der Waals surface area (Å²) >= 11 is 0. The molecule has 3 rings (SSSR count). The first-order valence-electron chi connectivity index (χ1n) is 16.3. The first-order chi connectivity index (χ1) is 21.4. The quantitative estimate of drug-likeness (QED) is 0.153. The van der Waals surface area contributed by atoms with Crippen LogP contribution >= 0.6 is 0 Å². The molecule has 0 atom stereocenters. The van der Waals surface area contributed by atoms with E-state index in [-0.39, 0.29) is 35.3 Å². The molecular weight excluding hydrogens is 584 g/mol. The second-order valence-corrected chi connectivity index (χ2v) is 14.4. The summed E-state index contributed by atoms with van der Waals surface area (Å²) in [7, 11) is 1.47. The minimum absolute atomic E-state index is 0.0337. The van der Waals surface area contributed by atoms with E-state index in [1.165, 1.54) is 18.2 Å². The number of nitrogens with one attached hydrogen (secondary N) is 2. The van der Waals surface area contributed by atoms with Gasteiger partial charge in [-0.15, -0.1) is 0 Å². The molecule has 0 unspecified atom stereocenters. The first kappa shape index (κ1) is 37.0. The monoisotopic (exact) mass is 638 g/mol. The molecule has 1 fully saturated rings. The molecule has 0 bridgehead atoms. The molecule has 2 aromatic carbocycles. The van der Waals surface area contributed by atoms with Crippen molar-refractivity contribution in [3.8, 4) is 11.5 Å². The fourth-order valence-corrected chi connectivity index (χ4v) is 5.06. The van der Waals surface area contributed by atoms with Gasteiger partial charge in [-0.1, -0.05) is 60.6 Å². The smallest absolute Gasteiger partial charge is 0.291 e. The minimum atomic E-state index is -0.776. The van der Waals surface area contributed by atoms with E-state index >= 15 is 0 Å². The summed E-state index contributed by atoms with van der Waals surface area (Å²) in [5.41, 5.74) is 2.64. The highest BCUT2D eigenvalue weighted by Crippen LogP contribution is 2.39. The Bertz CT molecular complexity index is 1390. The summed E-state index contributed by atoms with van der Waals surface area (Å²) < 4.78 is 23.0. The fraction of sp³-hybridized carbons (Fsp3) is 0.595. The van der Waals surface area contributed by atoms with Crippen molar-refractivity contribution in [3.63, 3.8) is 0 Å². The number of hydrogen-bond acceptors (Lipinski definition) is 7. The van der Waals surface area contributed by atoms with Crippen molar-refractivity contribution in [1.82, 2.24) is 0 Å². The van der Waals surface area contributed by atoms with Crippen LogP contribution in [0.1, 0.15) is 106 Å². The van der Waals surface area contributed by atoms with Crippen LogP contribution < -0.4 is 20.1 Å². The second kappa shape index (κ2) is 15.0. The van der Waals surface area contributed by atoms with Gasteiger partial charge < -0.3 is 29.6 Å². The summed E-state index contributed by atoms with van der Waals surface area (Å²) in [5, 5.41) is 5.51. The zero-order valence-electron chi connectivity index (χ0n) is 29.5. The number of ether oxygens (including phenoxy) is 4. The largest absolute Gasteiger partial charge is 0.495 e. The number of amides is 2. The molecule has 0 saturated carbocycles. The van der Waals surface area contributed by atoms with Crippen molar-refractivity contribution in [1.29, 1.82) is 0 Å². The van der Waals surface area contributed by atoms with Crippen LogP contribution in [0.2, 0.25) is 0 Å². The number of carbonyl (C=O) groups excluding carboxylic acids is 3. The molecule has 0 radical (unpaired) electrons. The molecule has 1 heterocycles. The van der Waals surface area contributed by atoms with Gasteiger partial charge in [0.2, 0.25) is 11.7 Å². The van der Waals surface area contributed by atoms with Crippen LogP contribution in [0.15, 0.2) is 36.4 Å². The van der Waals surface area contributed by atoms with Crippen LogP contribution in [-0.4, -0.2) is 50.3 Å². The number of rotatable bonds is 15. The van der Waals surface area contributed by atoms with Crippen LogP contribution in [0.5, 0.6) is 11.5 Å². The maximum absolute atomic E-state index is 12.8. The third-order valence-electron chi connectivity index (χ3n) is 9.17. The van der Waals surface area contributed by atoms with E-state index in [1.54, 1.807) is 18.2 Å². The van der Waals surface area contributed by atoms with Gasteiger partial charge in [-0.2, -0.15) is 0 Å². The zero-order valence-corrected chi connectivity index (χ0v) is 29.5. The number of hydrogen-bond donors (Lipinski definition) is 2. The van der Waals surface area contributed by atoms with E-state index in [4.69, 9.17) is 18.9 Å². The van der Waals surface area contributed by atoms with Crippen molar-refractivity contribution < 1.29 is 33.3 Å². The second-order valence-electron chi connectivity index (χ2n) is 14.4. The Hall–Kier alpha value is -3.43. The highest BCUT2D eigenvalue weighted by atomic mass is 16.7. The maximum atomic E-state index is 12.8. The van der Waals surface area contributed by atoms with Crippen molar-refractivity contribution in [2.75, 3.05) is 37.6 Å². The molecule has 0 spiro atoms. The topological polar surface area (TPSA) is 112 Å². The molecule has 2 N–H and O–H groups in total. The Morgan fingerprint density at radius 2 is 1.50 bits per heavy atom. The van der Waals surface area contributed by atoms with Gasteiger partial charge in [0.15, 0.2) is 5.79 Å². The van der Waals surface area contributed by atoms with Crippen molar-refractivity contribution in [3.05, 3.63) is 47.5 Å². The molecule has 0 aromatic heterocycles. The van der Waals surface area contributed by atoms with Crippen LogP contribution in [0, 0.1) is 5.41 Å². The molecule has 9 heteroatoms. The first-order valence-corrected chi connectivity index (χ1v) is 16.3. The molecular formula is C37H54N2O7. The number of ketones is 1. The SMILES string of the molecule is CCC(C)(C)c1ccc(OCCCC(=O)Nc2ccc(OC)c(NC(=O)C(=O)CC3(C)COC(C)(C)OC3)c2)c(C(C)(C)CC)c1. The predicted molar refractivity (Wildman–Crippen MR) is 182 cm³/mol. The molecule has 0 aliphatic carbocycles. The molecule has 2 aromatic rings. The summed E-state index contributed by atoms with van der Waals surface area (Å²) in [5.74, 6) is -1.06. The van der Waals surface area contributed by atoms with Gasteiger partial charge in [-0.25, -0.2) is 0 Å². The summed E-state index contributed by atoms with van der Waals surface area (Å²) in [6, 6.07) is 11.4. The van der Waals surface area contributed by atoms with Crippen LogP contribution in [0.4, 0.5) is 11.4 Å². The number of anilines is 2. The zero-order chi connectivity index (χ0) is 34.3. The van der Waals surface area contributed by atoms with E-state index < -0.39 is 22.9 Å². The number of benzene rings is 2. The average molecular weight is 639 g/mol. The van der Waals surface area contributed by atoms with Crippen molar-refractivity contribution >= 4 is 29.0 Å². The van der Waals surface area contributed by atoms with Gasteiger partial charge in [-0.05, 0) is 73.8 Å². The van der Waals surface area contributed by atoms with Gasteiger partial charge in [0.05, 0.1) is 32.6 Å². The van der Waals surface area contributed by atoms with Gasteiger partial charge in [0, 0.05) is 29.5 Å². The molecule has 46 heavy (non-hydrogen) atoms. The lowest BCUT2D eigenvalue weighted by molar-refractivity contribution is -0.282. The summed E-state index contributed by atoms with van der Waals surface area (Å²) in [6.45, 7) is 19.8. The highest BCUT2D eigenvalue weighted by molar-refractivity contribution is 6.40. The molecule has 1 saturated heterocycles. The Balaban J connectivity index is 1.58. The van der Waals surface area contributed by atoms with Gasteiger partial charge in [0.25, 0.3) is 5.91 Å². The van der Waals surface area contributed by atoms with Crippen LogP contribution in [-0.2, 0) is 34.7 Å². The van der Waals surface area contributed by atoms with Crippen LogP contribution in [0.25, 0.3) is 0 Å². The number of Topliss-reactive ketones (excluding diaryl/α,β-unsaturated/α-hetero) is 1. The molecule has 2 amide bonds. The Morgan fingerprint density at radius 1 is 0.870 bits per heavy atom. The van der Waals surface area contributed by atoms with Crippen LogP contribution in [0.3, 0.4) is 0 Å². The van der Waals surface area contributed by atoms with E-state index in [1.807, 2.05) is 20.8 Å². The molecule has 1 aliphatic rings. The van der Waals surface area contributed by atoms with E-state index in [2.05, 4.69) is 70.4 Å². The van der Waals surface area contributed by atoms with Gasteiger partial charge in [-0.3, -0.25) is 14.4 Å². The van der Waals surface area contributed by atoms with E-state index in [0.29, 0.717) is 37.7 Å². The minimum Gasteiger partial charge on any atom is -0.495 e. The predicted octanol–water partition coefficient (Wildman–Crippen LogP) is 7.56. The van der Waals surface area contributed by atoms with Gasteiger partial charge >= 0.3 is 0 Å². The van der Waals surface area contributed by atoms with E-state index in [0.717, 1.165) is 18.6 Å². The molecule has 1 aliphatic heterocycles. The van der Waals surface area contributed by atoms with Crippen molar-refractivity contribution in [2.24, 2.45) is 5.41 Å². The van der Waals surface area contributed by atoms with E-state index in [9.17, 15) is 14.4 Å². The number of carbonyl (C=O) groups is 3.